The summed E-state index contributed by atoms with van der Waals surface area (Å²) in [4.78, 5) is 0. The molecule has 0 unspecified atom stereocenters. The molecule has 33 heavy (non-hydrogen) atoms. The number of benzene rings is 4. The fourth-order valence-corrected chi connectivity index (χ4v) is 3.74. The SMILES string of the molecule is Oc1ccc2c(c1)/C=C/c1ccc(O)c(c1)Oc1ccc(cc1)C[C@@H](O)c1cccc(c1)O2. The monoisotopic (exact) mass is 438 g/mol. The zero-order valence-electron chi connectivity index (χ0n) is 17.7. The van der Waals surface area contributed by atoms with Crippen LogP contribution in [-0.2, 0) is 6.42 Å². The van der Waals surface area contributed by atoms with E-state index >= 15 is 0 Å². The van der Waals surface area contributed by atoms with Gasteiger partial charge in [-0.25, -0.2) is 0 Å². The third-order valence-corrected chi connectivity index (χ3v) is 5.48. The fourth-order valence-electron chi connectivity index (χ4n) is 3.74. The van der Waals surface area contributed by atoms with Crippen molar-refractivity contribution in [1.29, 1.82) is 0 Å². The molecule has 6 bridgehead atoms. The maximum Gasteiger partial charge on any atom is 0.169 e. The third kappa shape index (κ3) is 4.68. The molecule has 1 atom stereocenters. The van der Waals surface area contributed by atoms with Gasteiger partial charge in [-0.2, -0.15) is 0 Å². The molecule has 0 fully saturated rings. The van der Waals surface area contributed by atoms with Crippen molar-refractivity contribution in [3.8, 4) is 34.5 Å². The Bertz CT molecular complexity index is 1320. The van der Waals surface area contributed by atoms with Crippen LogP contribution in [0.5, 0.6) is 34.5 Å². The van der Waals surface area contributed by atoms with Crippen molar-refractivity contribution in [2.75, 3.05) is 0 Å². The van der Waals surface area contributed by atoms with Crippen molar-refractivity contribution in [3.05, 3.63) is 107 Å². The topological polar surface area (TPSA) is 79.2 Å². The molecular formula is C28H22O5. The second-order valence-electron chi connectivity index (χ2n) is 7.92. The Labute approximate surface area is 191 Å². The van der Waals surface area contributed by atoms with E-state index in [2.05, 4.69) is 0 Å². The lowest BCUT2D eigenvalue weighted by Crippen LogP contribution is -2.02. The van der Waals surface area contributed by atoms with Crippen LogP contribution in [0, 0.1) is 0 Å². The summed E-state index contributed by atoms with van der Waals surface area (Å²) in [6, 6.07) is 24.7. The molecule has 2 heterocycles. The number of rotatable bonds is 0. The summed E-state index contributed by atoms with van der Waals surface area (Å²) in [6.45, 7) is 0. The zero-order valence-corrected chi connectivity index (χ0v) is 17.7. The summed E-state index contributed by atoms with van der Waals surface area (Å²) in [5.74, 6) is 2.20. The first kappa shape index (κ1) is 20.7. The lowest BCUT2D eigenvalue weighted by molar-refractivity contribution is 0.178. The Morgan fingerprint density at radius 1 is 0.697 bits per heavy atom. The minimum absolute atomic E-state index is 0.0286. The van der Waals surface area contributed by atoms with E-state index < -0.39 is 6.10 Å². The summed E-state index contributed by atoms with van der Waals surface area (Å²) in [5, 5.41) is 31.0. The highest BCUT2D eigenvalue weighted by Gasteiger charge is 2.13. The molecular weight excluding hydrogens is 416 g/mol. The molecule has 5 heteroatoms. The molecule has 0 saturated heterocycles. The maximum atomic E-state index is 10.8. The van der Waals surface area contributed by atoms with E-state index in [9.17, 15) is 15.3 Å². The summed E-state index contributed by atoms with van der Waals surface area (Å²) in [6.07, 6.45) is 3.39. The Hall–Kier alpha value is -4.22. The Balaban J connectivity index is 1.61. The second-order valence-corrected chi connectivity index (χ2v) is 7.92. The largest absolute Gasteiger partial charge is 0.508 e. The highest BCUT2D eigenvalue weighted by atomic mass is 16.5. The van der Waals surface area contributed by atoms with Gasteiger partial charge in [-0.1, -0.05) is 42.5 Å². The normalized spacial score (nSPS) is 16.0. The average molecular weight is 438 g/mol. The van der Waals surface area contributed by atoms with E-state index in [4.69, 9.17) is 9.47 Å². The van der Waals surface area contributed by atoms with E-state index in [-0.39, 0.29) is 11.5 Å². The van der Waals surface area contributed by atoms with Gasteiger partial charge in [0.05, 0.1) is 6.10 Å². The summed E-state index contributed by atoms with van der Waals surface area (Å²) in [5.41, 5.74) is 3.17. The summed E-state index contributed by atoms with van der Waals surface area (Å²) >= 11 is 0. The molecule has 4 aromatic rings. The van der Waals surface area contributed by atoms with E-state index in [0.29, 0.717) is 35.0 Å². The van der Waals surface area contributed by atoms with Gasteiger partial charge in [0, 0.05) is 12.0 Å². The van der Waals surface area contributed by atoms with Gasteiger partial charge in [-0.15, -0.1) is 0 Å². The molecule has 0 aromatic heterocycles. The summed E-state index contributed by atoms with van der Waals surface area (Å²) < 4.78 is 12.0. The predicted molar refractivity (Wildman–Crippen MR) is 127 cm³/mol. The van der Waals surface area contributed by atoms with Gasteiger partial charge < -0.3 is 24.8 Å². The van der Waals surface area contributed by atoms with Crippen LogP contribution in [0.15, 0.2) is 84.9 Å². The van der Waals surface area contributed by atoms with Gasteiger partial charge in [0.2, 0.25) is 0 Å². The molecule has 3 N–H and O–H groups in total. The van der Waals surface area contributed by atoms with Crippen molar-refractivity contribution in [1.82, 2.24) is 0 Å². The molecule has 4 aromatic carbocycles. The van der Waals surface area contributed by atoms with Gasteiger partial charge in [0.1, 0.15) is 23.0 Å². The molecule has 5 nitrogen and oxygen atoms in total. The minimum atomic E-state index is -0.709. The number of aromatic hydroxyl groups is 2. The second kappa shape index (κ2) is 8.73. The van der Waals surface area contributed by atoms with Crippen molar-refractivity contribution >= 4 is 12.2 Å². The van der Waals surface area contributed by atoms with Crippen molar-refractivity contribution in [2.24, 2.45) is 0 Å². The van der Waals surface area contributed by atoms with Crippen LogP contribution in [-0.4, -0.2) is 15.3 Å². The Morgan fingerprint density at radius 2 is 1.52 bits per heavy atom. The van der Waals surface area contributed by atoms with Crippen LogP contribution in [0.3, 0.4) is 0 Å². The first-order valence-electron chi connectivity index (χ1n) is 10.6. The molecule has 6 rings (SSSR count). The maximum absolute atomic E-state index is 10.8. The van der Waals surface area contributed by atoms with E-state index in [1.54, 1.807) is 36.4 Å². The molecule has 0 radical (unpaired) electrons. The lowest BCUT2D eigenvalue weighted by Gasteiger charge is -2.15. The van der Waals surface area contributed by atoms with Crippen LogP contribution in [0.2, 0.25) is 0 Å². The number of phenolic OH excluding ortho intramolecular Hbond substituents is 2. The van der Waals surface area contributed by atoms with E-state index in [1.165, 1.54) is 0 Å². The van der Waals surface area contributed by atoms with Crippen LogP contribution < -0.4 is 9.47 Å². The van der Waals surface area contributed by atoms with Gasteiger partial charge in [0.25, 0.3) is 0 Å². The highest BCUT2D eigenvalue weighted by Crippen LogP contribution is 2.35. The third-order valence-electron chi connectivity index (χ3n) is 5.48. The molecule has 0 spiro atoms. The number of hydrogen-bond acceptors (Lipinski definition) is 5. The van der Waals surface area contributed by atoms with Crippen LogP contribution in [0.4, 0.5) is 0 Å². The van der Waals surface area contributed by atoms with Gasteiger partial charge in [0.15, 0.2) is 11.5 Å². The molecule has 0 saturated carbocycles. The van der Waals surface area contributed by atoms with Gasteiger partial charge in [-0.3, -0.25) is 0 Å². The predicted octanol–water partition coefficient (Wildman–Crippen LogP) is 6.44. The number of fused-ring (bicyclic) bond motifs is 3. The first-order valence-corrected chi connectivity index (χ1v) is 10.6. The Kier molecular flexibility index (Phi) is 5.47. The summed E-state index contributed by atoms with van der Waals surface area (Å²) in [7, 11) is 0. The number of hydrogen-bond donors (Lipinski definition) is 3. The molecule has 2 aliphatic rings. The lowest BCUT2D eigenvalue weighted by atomic mass is 10.0. The molecule has 0 aliphatic carbocycles. The van der Waals surface area contributed by atoms with Crippen LogP contribution in [0.1, 0.15) is 28.4 Å². The molecule has 0 amide bonds. The van der Waals surface area contributed by atoms with Crippen LogP contribution >= 0.6 is 0 Å². The quantitative estimate of drug-likeness (QED) is 0.294. The fraction of sp³-hybridized carbons (Fsp3) is 0.0714. The van der Waals surface area contributed by atoms with Crippen molar-refractivity contribution in [3.63, 3.8) is 0 Å². The number of aliphatic hydroxyl groups is 1. The number of ether oxygens (including phenoxy) is 2. The van der Waals surface area contributed by atoms with Crippen molar-refractivity contribution in [2.45, 2.75) is 12.5 Å². The van der Waals surface area contributed by atoms with Gasteiger partial charge in [-0.05, 0) is 71.3 Å². The number of phenols is 2. The minimum Gasteiger partial charge on any atom is -0.508 e. The van der Waals surface area contributed by atoms with E-state index in [0.717, 1.165) is 16.7 Å². The number of aliphatic hydroxyl groups excluding tert-OH is 1. The zero-order chi connectivity index (χ0) is 22.8. The standard InChI is InChI=1S/C28H22O5/c29-22-9-13-27-21(16-22)8-4-19-7-12-25(30)28(15-19)32-23-10-5-18(6-11-23)14-26(31)20-2-1-3-24(17-20)33-27/h1-13,15-17,26,29-31H,14H2/b8-4+/t26-/m1/s1. The van der Waals surface area contributed by atoms with E-state index in [1.807, 2.05) is 60.7 Å². The highest BCUT2D eigenvalue weighted by molar-refractivity contribution is 5.74. The molecule has 164 valence electrons. The first-order chi connectivity index (χ1) is 16.0. The Morgan fingerprint density at radius 3 is 2.36 bits per heavy atom. The average Bonchev–Trinajstić information content (AvgIpc) is 2.82. The molecule has 2 aliphatic heterocycles. The van der Waals surface area contributed by atoms with Gasteiger partial charge >= 0.3 is 0 Å². The van der Waals surface area contributed by atoms with Crippen molar-refractivity contribution < 1.29 is 24.8 Å². The van der Waals surface area contributed by atoms with Crippen LogP contribution in [0.25, 0.3) is 12.2 Å². The smallest absolute Gasteiger partial charge is 0.169 e.